The normalized spacial score (nSPS) is 11.2. The second-order valence-corrected chi connectivity index (χ2v) is 5.67. The van der Waals surface area contributed by atoms with Crippen molar-refractivity contribution in [3.05, 3.63) is 58.9 Å². The van der Waals surface area contributed by atoms with Gasteiger partial charge in [-0.15, -0.1) is 0 Å². The summed E-state index contributed by atoms with van der Waals surface area (Å²) in [6.45, 7) is 4.30. The van der Waals surface area contributed by atoms with E-state index in [9.17, 15) is 4.79 Å². The predicted molar refractivity (Wildman–Crippen MR) is 85.1 cm³/mol. The predicted octanol–water partition coefficient (Wildman–Crippen LogP) is 4.59. The highest BCUT2D eigenvalue weighted by molar-refractivity contribution is 6.30. The molecule has 0 aliphatic rings. The lowest BCUT2D eigenvalue weighted by Gasteiger charge is -2.06. The number of nitrogens with zero attached hydrogens (tertiary/aromatic N) is 2. The van der Waals surface area contributed by atoms with Crippen molar-refractivity contribution in [3.63, 3.8) is 0 Å². The second kappa shape index (κ2) is 5.34. The molecule has 3 nitrogen and oxygen atoms in total. The fraction of sp³-hybridized carbons (Fsp3) is 0.176. The van der Waals surface area contributed by atoms with Crippen LogP contribution in [0.4, 0.5) is 0 Å². The van der Waals surface area contributed by atoms with Gasteiger partial charge in [-0.3, -0.25) is 9.20 Å². The van der Waals surface area contributed by atoms with E-state index in [0.29, 0.717) is 28.1 Å². The van der Waals surface area contributed by atoms with E-state index in [1.54, 1.807) is 10.5 Å². The maximum Gasteiger partial charge on any atom is 0.169 e. The SMILES string of the molecule is CC(C)c1ccc(-c2nc3cccc(Cl)n3c2C=O)cc1. The van der Waals surface area contributed by atoms with E-state index in [0.717, 1.165) is 11.8 Å². The van der Waals surface area contributed by atoms with E-state index in [4.69, 9.17) is 11.6 Å². The van der Waals surface area contributed by atoms with Crippen molar-refractivity contribution in [2.24, 2.45) is 0 Å². The van der Waals surface area contributed by atoms with Gasteiger partial charge in [0, 0.05) is 5.56 Å². The van der Waals surface area contributed by atoms with Crippen LogP contribution in [-0.2, 0) is 0 Å². The Hall–Kier alpha value is -2.13. The molecular weight excluding hydrogens is 284 g/mol. The summed E-state index contributed by atoms with van der Waals surface area (Å²) in [4.78, 5) is 16.0. The fourth-order valence-electron chi connectivity index (χ4n) is 2.42. The Balaban J connectivity index is 2.20. The summed E-state index contributed by atoms with van der Waals surface area (Å²) in [6.07, 6.45) is 0.803. The van der Waals surface area contributed by atoms with E-state index >= 15 is 0 Å². The summed E-state index contributed by atoms with van der Waals surface area (Å²) in [7, 11) is 0. The van der Waals surface area contributed by atoms with Crippen molar-refractivity contribution in [3.8, 4) is 11.3 Å². The highest BCUT2D eigenvalue weighted by atomic mass is 35.5. The lowest BCUT2D eigenvalue weighted by Crippen LogP contribution is -1.94. The number of halogens is 1. The Morgan fingerprint density at radius 1 is 1.14 bits per heavy atom. The largest absolute Gasteiger partial charge is 0.296 e. The van der Waals surface area contributed by atoms with Crippen LogP contribution < -0.4 is 0 Å². The standard InChI is InChI=1S/C17H15ClN2O/c1-11(2)12-6-8-13(9-7-12)17-14(10-21)20-15(18)4-3-5-16(20)19-17/h3-11H,1-2H3. The van der Waals surface area contributed by atoms with Crippen LogP contribution >= 0.6 is 11.6 Å². The third-order valence-electron chi connectivity index (χ3n) is 3.59. The number of rotatable bonds is 3. The first-order valence-electron chi connectivity index (χ1n) is 6.84. The molecular formula is C17H15ClN2O. The van der Waals surface area contributed by atoms with Crippen LogP contribution in [0.1, 0.15) is 35.8 Å². The van der Waals surface area contributed by atoms with Crippen LogP contribution in [0.25, 0.3) is 16.9 Å². The minimum Gasteiger partial charge on any atom is -0.296 e. The van der Waals surface area contributed by atoms with Gasteiger partial charge in [0.1, 0.15) is 22.2 Å². The van der Waals surface area contributed by atoms with Crippen molar-refractivity contribution < 1.29 is 4.79 Å². The van der Waals surface area contributed by atoms with Crippen LogP contribution in [-0.4, -0.2) is 15.7 Å². The molecule has 1 aromatic carbocycles. The van der Waals surface area contributed by atoms with Crippen molar-refractivity contribution in [1.82, 2.24) is 9.38 Å². The molecule has 0 bridgehead atoms. The molecule has 0 amide bonds. The molecule has 106 valence electrons. The zero-order valence-electron chi connectivity index (χ0n) is 11.9. The minimum absolute atomic E-state index is 0.472. The third kappa shape index (κ3) is 2.34. The van der Waals surface area contributed by atoms with Crippen LogP contribution in [0.15, 0.2) is 42.5 Å². The van der Waals surface area contributed by atoms with Crippen molar-refractivity contribution >= 4 is 23.5 Å². The quantitative estimate of drug-likeness (QED) is 0.523. The maximum absolute atomic E-state index is 11.5. The molecule has 0 atom stereocenters. The summed E-state index contributed by atoms with van der Waals surface area (Å²) in [5.74, 6) is 0.472. The van der Waals surface area contributed by atoms with Crippen LogP contribution in [0.5, 0.6) is 0 Å². The number of hydrogen-bond acceptors (Lipinski definition) is 2. The smallest absolute Gasteiger partial charge is 0.169 e. The number of pyridine rings is 1. The average Bonchev–Trinajstić information content (AvgIpc) is 2.87. The molecule has 3 rings (SSSR count). The molecule has 2 heterocycles. The highest BCUT2D eigenvalue weighted by Crippen LogP contribution is 2.27. The van der Waals surface area contributed by atoms with E-state index in [2.05, 4.69) is 31.0 Å². The number of fused-ring (bicyclic) bond motifs is 1. The molecule has 0 unspecified atom stereocenters. The fourth-order valence-corrected chi connectivity index (χ4v) is 2.67. The maximum atomic E-state index is 11.5. The van der Waals surface area contributed by atoms with Gasteiger partial charge in [-0.2, -0.15) is 0 Å². The van der Waals surface area contributed by atoms with Gasteiger partial charge in [-0.25, -0.2) is 4.98 Å². The van der Waals surface area contributed by atoms with Gasteiger partial charge in [0.25, 0.3) is 0 Å². The Labute approximate surface area is 128 Å². The van der Waals surface area contributed by atoms with Gasteiger partial charge in [0.05, 0.1) is 0 Å². The molecule has 4 heteroatoms. The first-order chi connectivity index (χ1) is 10.1. The van der Waals surface area contributed by atoms with Gasteiger partial charge >= 0.3 is 0 Å². The Kier molecular flexibility index (Phi) is 3.52. The van der Waals surface area contributed by atoms with Gasteiger partial charge in [0.15, 0.2) is 6.29 Å². The van der Waals surface area contributed by atoms with Crippen LogP contribution in [0, 0.1) is 0 Å². The molecule has 2 aromatic heterocycles. The lowest BCUT2D eigenvalue weighted by molar-refractivity contribution is 0.111. The molecule has 0 fully saturated rings. The van der Waals surface area contributed by atoms with Crippen LogP contribution in [0.3, 0.4) is 0 Å². The molecule has 0 N–H and O–H groups in total. The summed E-state index contributed by atoms with van der Waals surface area (Å²) >= 11 is 6.17. The lowest BCUT2D eigenvalue weighted by atomic mass is 10.0. The highest BCUT2D eigenvalue weighted by Gasteiger charge is 2.15. The number of imidazole rings is 1. The Morgan fingerprint density at radius 3 is 2.48 bits per heavy atom. The topological polar surface area (TPSA) is 34.4 Å². The summed E-state index contributed by atoms with van der Waals surface area (Å²) < 4.78 is 1.67. The first-order valence-corrected chi connectivity index (χ1v) is 7.22. The number of hydrogen-bond donors (Lipinski definition) is 0. The molecule has 0 aliphatic heterocycles. The number of carbonyl (C=O) groups is 1. The van der Waals surface area contributed by atoms with E-state index in [-0.39, 0.29) is 0 Å². The van der Waals surface area contributed by atoms with Gasteiger partial charge in [-0.1, -0.05) is 55.8 Å². The summed E-state index contributed by atoms with van der Waals surface area (Å²) in [5, 5.41) is 0.479. The van der Waals surface area contributed by atoms with Gasteiger partial charge < -0.3 is 0 Å². The number of aromatic nitrogens is 2. The average molecular weight is 299 g/mol. The monoisotopic (exact) mass is 298 g/mol. The first kappa shape index (κ1) is 13.8. The van der Waals surface area contributed by atoms with Gasteiger partial charge in [-0.05, 0) is 23.6 Å². The number of carbonyl (C=O) groups excluding carboxylic acids is 1. The van der Waals surface area contributed by atoms with Crippen molar-refractivity contribution in [2.75, 3.05) is 0 Å². The van der Waals surface area contributed by atoms with E-state index < -0.39 is 0 Å². The Bertz CT molecular complexity index is 804. The number of aldehydes is 1. The molecule has 0 spiro atoms. The zero-order valence-corrected chi connectivity index (χ0v) is 12.6. The third-order valence-corrected chi connectivity index (χ3v) is 3.89. The van der Waals surface area contributed by atoms with Crippen molar-refractivity contribution in [1.29, 1.82) is 0 Å². The Morgan fingerprint density at radius 2 is 1.86 bits per heavy atom. The molecule has 0 aliphatic carbocycles. The summed E-state index contributed by atoms with van der Waals surface area (Å²) in [6, 6.07) is 13.5. The summed E-state index contributed by atoms with van der Waals surface area (Å²) in [5.41, 5.74) is 3.99. The zero-order chi connectivity index (χ0) is 15.0. The molecule has 21 heavy (non-hydrogen) atoms. The molecule has 0 saturated heterocycles. The molecule has 3 aromatic rings. The minimum atomic E-state index is 0.472. The second-order valence-electron chi connectivity index (χ2n) is 5.28. The molecule has 0 radical (unpaired) electrons. The molecule has 0 saturated carbocycles. The van der Waals surface area contributed by atoms with Crippen LogP contribution in [0.2, 0.25) is 5.15 Å². The van der Waals surface area contributed by atoms with Crippen molar-refractivity contribution in [2.45, 2.75) is 19.8 Å². The van der Waals surface area contributed by atoms with E-state index in [1.165, 1.54) is 5.56 Å². The number of benzene rings is 1. The van der Waals surface area contributed by atoms with E-state index in [1.807, 2.05) is 24.3 Å². The van der Waals surface area contributed by atoms with Gasteiger partial charge in [0.2, 0.25) is 0 Å².